The van der Waals surface area contributed by atoms with Crippen molar-refractivity contribution in [1.82, 2.24) is 79.6 Å². The van der Waals surface area contributed by atoms with E-state index < -0.39 is 21.3 Å². The molecular formula is C124H122N16OOsP2Pt3+. The molecule has 2 aliphatic rings. The second-order valence-corrected chi connectivity index (χ2v) is 39.7. The molecule has 17 nitrogen and oxygen atoms in total. The van der Waals surface area contributed by atoms with Crippen molar-refractivity contribution in [2.45, 2.75) is 140 Å². The summed E-state index contributed by atoms with van der Waals surface area (Å²) in [5, 5.41) is 31.7. The van der Waals surface area contributed by atoms with E-state index in [-0.39, 0.29) is 83.0 Å². The third-order valence-corrected chi connectivity index (χ3v) is 29.9. The first kappa shape index (κ1) is 114. The summed E-state index contributed by atoms with van der Waals surface area (Å²) in [5.41, 5.74) is 31.1. The van der Waals surface area contributed by atoms with Gasteiger partial charge in [0, 0.05) is 73.7 Å². The first-order chi connectivity index (χ1) is 69.9. The number of phenolic OH excluding ortho intramolecular Hbond substituents is 1. The number of para-hydroxylation sites is 3. The fraction of sp³-hybridized carbons (Fsp3) is 0.185. The molecule has 23 heteroatoms. The maximum absolute atomic E-state index is 8.63. The number of hydrogen-bond acceptors (Lipinski definition) is 12. The Morgan fingerprint density at radius 2 is 0.653 bits per heavy atom. The van der Waals surface area contributed by atoms with Gasteiger partial charge in [0.1, 0.15) is 5.75 Å². The van der Waals surface area contributed by atoms with Crippen LogP contribution in [0.5, 0.6) is 5.75 Å². The van der Waals surface area contributed by atoms with Gasteiger partial charge in [0.15, 0.2) is 0 Å². The van der Waals surface area contributed by atoms with Gasteiger partial charge >= 0.3 is 61.9 Å². The molecule has 8 bridgehead atoms. The van der Waals surface area contributed by atoms with Crippen LogP contribution in [-0.2, 0) is 114 Å². The first-order valence-electron chi connectivity index (χ1n) is 49.3. The van der Waals surface area contributed by atoms with Crippen LogP contribution in [0.2, 0.25) is 0 Å². The molecule has 0 atom stereocenters. The van der Waals surface area contributed by atoms with Crippen LogP contribution in [0.1, 0.15) is 163 Å². The topological polar surface area (TPSA) is 214 Å². The Balaban J connectivity index is 0.000000174. The molecule has 19 aromatic rings. The van der Waals surface area contributed by atoms with Gasteiger partial charge in [-0.05, 0) is 234 Å². The molecule has 0 unspecified atom stereocenters. The molecule has 8 aromatic carbocycles. The van der Waals surface area contributed by atoms with Crippen LogP contribution < -0.4 is 36.3 Å². The Bertz CT molecular complexity index is 7030. The summed E-state index contributed by atoms with van der Waals surface area (Å²) in [5.74, 6) is 1.60. The number of aromatic hydroxyl groups is 1. The van der Waals surface area contributed by atoms with Crippen LogP contribution >= 0.6 is 15.8 Å². The van der Waals surface area contributed by atoms with E-state index >= 15 is 0 Å². The number of nitrogens with zero attached hydrogens (tertiary/aromatic N) is 16. The van der Waals surface area contributed by atoms with Gasteiger partial charge in [0.05, 0.1) is 90.2 Å². The van der Waals surface area contributed by atoms with Crippen molar-refractivity contribution in [3.05, 3.63) is 457 Å². The van der Waals surface area contributed by atoms with Crippen LogP contribution in [-0.4, -0.2) is 83.0 Å². The molecule has 0 saturated heterocycles. The van der Waals surface area contributed by atoms with Crippen molar-refractivity contribution in [2.75, 3.05) is 13.3 Å². The number of pyridine rings is 5. The van der Waals surface area contributed by atoms with E-state index in [9.17, 15) is 0 Å². The molecular weight excluding hydrogens is 2570 g/mol. The van der Waals surface area contributed by atoms with Gasteiger partial charge in [0.2, 0.25) is 0 Å². The number of phenols is 1. The maximum Gasteiger partial charge on any atom is 2.00 e. The monoisotopic (exact) mass is 2690 g/mol. The number of hydrogen-bond donors (Lipinski definition) is 1. The molecule has 0 fully saturated rings. The minimum Gasteiger partial charge on any atom is -0.657 e. The molecule has 147 heavy (non-hydrogen) atoms. The van der Waals surface area contributed by atoms with E-state index in [4.69, 9.17) is 45.2 Å². The smallest absolute Gasteiger partial charge is 0.657 e. The predicted octanol–water partition coefficient (Wildman–Crippen LogP) is 26.5. The summed E-state index contributed by atoms with van der Waals surface area (Å²) in [6.07, 6.45) is 16.6. The summed E-state index contributed by atoms with van der Waals surface area (Å²) in [6.45, 7) is 30.7. The van der Waals surface area contributed by atoms with E-state index in [1.807, 2.05) is 205 Å². The number of aryl methyl sites for hydroxylation is 6. The Morgan fingerprint density at radius 3 is 0.952 bits per heavy atom. The van der Waals surface area contributed by atoms with E-state index in [1.165, 1.54) is 65.8 Å². The third kappa shape index (κ3) is 29.5. The molecule has 13 heterocycles. The van der Waals surface area contributed by atoms with Crippen LogP contribution in [0, 0.1) is 32.0 Å². The molecule has 2 aliphatic heterocycles. The maximum atomic E-state index is 8.63. The Kier molecular flexibility index (Phi) is 44.2. The minimum atomic E-state index is -0.545. The molecule has 11 aromatic heterocycles. The average molecular weight is 2690 g/mol. The largest absolute Gasteiger partial charge is 2.00 e. The van der Waals surface area contributed by atoms with Crippen molar-refractivity contribution < 1.29 is 88.1 Å². The number of aromatic nitrogens is 16. The van der Waals surface area contributed by atoms with Gasteiger partial charge in [0.25, 0.3) is 0 Å². The minimum absolute atomic E-state index is 0. The van der Waals surface area contributed by atoms with E-state index in [0.717, 1.165) is 164 Å². The fourth-order valence-corrected chi connectivity index (χ4v) is 21.0. The van der Waals surface area contributed by atoms with E-state index in [1.54, 1.807) is 42.9 Å². The van der Waals surface area contributed by atoms with Crippen molar-refractivity contribution in [1.29, 1.82) is 0 Å². The second-order valence-electron chi connectivity index (χ2n) is 34.9. The van der Waals surface area contributed by atoms with Crippen molar-refractivity contribution in [3.8, 4) is 73.9 Å². The second kappa shape index (κ2) is 56.8. The third-order valence-electron chi connectivity index (χ3n) is 25.1. The van der Waals surface area contributed by atoms with Crippen molar-refractivity contribution in [3.63, 3.8) is 0 Å². The SMILES string of the molecule is CC(C)(c1cccc(-c2[c-]cn(-c3ccccc3)n2)n1)c1cccc(-c2[c-]cn(-c3ccccc3)n2)n1.CCC1=C(CC)c2cc3[n-]c(cc4nc(cc5[n-]c(cc1n2)c(CC)c5CC)C(CC)=C4CC)c(CC)c3CC.C[PH+](c1ccccc1)c1ccccc1.C[PH+](c1ccccc1)c1ccccc1.Cc1ccnc(-c2nc(C)n[n-]2)c1.Oc1ccccc1.[Os+].[Pt+2].[Pt+2].[Pt].[c-]1c(-c2ccccn2)cccc1-c1ccccn1. The average Bonchev–Trinajstić information content (AvgIpc) is 1.63. The van der Waals surface area contributed by atoms with Gasteiger partial charge in [-0.2, -0.15) is 0 Å². The number of fused-ring (bicyclic) bond motifs is 8. The molecule has 21 rings (SSSR count). The number of benzene rings is 8. The van der Waals surface area contributed by atoms with Crippen LogP contribution in [0.3, 0.4) is 0 Å². The molecule has 1 radical (unpaired) electrons. The zero-order valence-electron chi connectivity index (χ0n) is 85.3. The zero-order chi connectivity index (χ0) is 100.0. The molecule has 0 spiro atoms. The number of rotatable bonds is 21. The van der Waals surface area contributed by atoms with Crippen LogP contribution in [0.4, 0.5) is 0 Å². The number of allylic oxidation sites excluding steroid dienone is 4. The molecule has 0 aliphatic carbocycles. The Morgan fingerprint density at radius 1 is 0.333 bits per heavy atom. The van der Waals surface area contributed by atoms with Gasteiger partial charge < -0.3 is 35.1 Å². The van der Waals surface area contributed by atoms with Gasteiger partial charge in [-0.15, -0.1) is 58.5 Å². The van der Waals surface area contributed by atoms with E-state index in [0.29, 0.717) is 28.8 Å². The summed E-state index contributed by atoms with van der Waals surface area (Å²) in [6, 6.07) is 124. The normalized spacial score (nSPS) is 11.2. The standard InChI is InChI=1S/C36H44N4.C31H24N6.C16H11N2.2C13H13P.C9H9N4.C6H6O.Os.3Pt/c1-9-21-22(10-2)30-18-32-25(13-5)26(14-6)34(39-32)20-36-28(16-8)27(15-7)35(40-36)19-33-24(12-4)23(11-3)31(38-33)17-29(21)37-30;1-31(2,29-17-9-15-25(32-29)27-19-21-36(34-27)23-11-5-3-6-12-23)30-18-10-16-26(33-30)28-20-22-37(35-28)24-13-7-4-8-14-24;1-3-10-17-15(8-1)13-6-5-7-14(12-13)16-9-2-4-11-18-16;2*1-14(12-8-4-2-5-9-12)13-10-6-3-7-11-13;1-6-3-4-10-8(5-6)9-11-7(2)12-13-9;7-6-4-2-1-3-5-6;;;;/h17-20H,9-16H2,1-8H3;3-18,21-22H,1-2H3;1-11H;2*2-11H,1H3;3-5H,1-2H3;1-5,7H;;;;/q2*-2;-1;;;-1;;+1;;2*+2/p+2. The van der Waals surface area contributed by atoms with Gasteiger partial charge in [-0.3, -0.25) is 29.4 Å². The summed E-state index contributed by atoms with van der Waals surface area (Å²) in [7, 11) is -1.09. The molecule has 0 amide bonds. The summed E-state index contributed by atoms with van der Waals surface area (Å²) in [4.78, 5) is 47.9. The fourth-order valence-electron chi connectivity index (χ4n) is 17.5. The summed E-state index contributed by atoms with van der Waals surface area (Å²) < 4.78 is 3.62. The predicted molar refractivity (Wildman–Crippen MR) is 595 cm³/mol. The van der Waals surface area contributed by atoms with Crippen molar-refractivity contribution in [2.24, 2.45) is 0 Å². The first-order valence-corrected chi connectivity index (χ1v) is 53.3. The zero-order valence-corrected chi connectivity index (χ0v) is 96.6. The van der Waals surface area contributed by atoms with Gasteiger partial charge in [-0.25, -0.2) is 32.3 Å². The molecule has 1 N–H and O–H groups in total. The Hall–Kier alpha value is -13.0. The quantitative estimate of drug-likeness (QED) is 0.0523. The molecule has 751 valence electrons. The van der Waals surface area contributed by atoms with Crippen LogP contribution in [0.25, 0.3) is 113 Å². The Labute approximate surface area is 924 Å². The van der Waals surface area contributed by atoms with Gasteiger partial charge in [-0.1, -0.05) is 312 Å². The van der Waals surface area contributed by atoms with E-state index in [2.05, 4.69) is 276 Å². The van der Waals surface area contributed by atoms with Crippen LogP contribution in [0.15, 0.2) is 371 Å². The molecule has 0 saturated carbocycles. The summed E-state index contributed by atoms with van der Waals surface area (Å²) >= 11 is 0. The van der Waals surface area contributed by atoms with Crippen molar-refractivity contribution >= 4 is 81.4 Å².